The monoisotopic (exact) mass is 1200 g/mol. The highest BCUT2D eigenvalue weighted by Crippen LogP contribution is 2.49. The molecule has 0 saturated carbocycles. The first-order valence-electron chi connectivity index (χ1n) is 32.5. The van der Waals surface area contributed by atoms with Crippen molar-refractivity contribution < 1.29 is 0 Å². The van der Waals surface area contributed by atoms with Gasteiger partial charge in [0.05, 0.1) is 16.7 Å². The van der Waals surface area contributed by atoms with Crippen molar-refractivity contribution >= 4 is 33.5 Å². The highest BCUT2D eigenvalue weighted by atomic mass is 15.2. The molecule has 4 nitrogen and oxygen atoms in total. The van der Waals surface area contributed by atoms with Gasteiger partial charge in [-0.25, -0.2) is 9.98 Å². The van der Waals surface area contributed by atoms with Crippen LogP contribution in [0, 0.1) is 0 Å². The lowest BCUT2D eigenvalue weighted by Gasteiger charge is -2.35. The van der Waals surface area contributed by atoms with E-state index in [0.717, 1.165) is 72.6 Å². The zero-order valence-corrected chi connectivity index (χ0v) is 52.3. The number of fused-ring (bicyclic) bond motifs is 5. The minimum atomic E-state index is -0.484. The Balaban J connectivity index is 0.796. The molecule has 1 unspecified atom stereocenters. The van der Waals surface area contributed by atoms with Gasteiger partial charge in [0.1, 0.15) is 12.0 Å². The number of amidine groups is 2. The van der Waals surface area contributed by atoms with E-state index in [1.165, 1.54) is 88.7 Å². The molecular weight excluding hydrogens is 1140 g/mol. The van der Waals surface area contributed by atoms with Gasteiger partial charge < -0.3 is 9.88 Å². The Bertz CT molecular complexity index is 5280. The lowest BCUT2D eigenvalue weighted by Crippen LogP contribution is -2.33. The summed E-state index contributed by atoms with van der Waals surface area (Å²) >= 11 is 0. The average molecular weight is 1200 g/mol. The molecule has 15 aromatic rings. The van der Waals surface area contributed by atoms with Crippen LogP contribution < -0.4 is 5.32 Å². The molecule has 0 bridgehead atoms. The van der Waals surface area contributed by atoms with Gasteiger partial charge in [0.25, 0.3) is 0 Å². The van der Waals surface area contributed by atoms with Gasteiger partial charge in [-0.1, -0.05) is 263 Å². The molecule has 2 aliphatic rings. The summed E-state index contributed by atoms with van der Waals surface area (Å²) in [5, 5.41) is 6.32. The zero-order valence-electron chi connectivity index (χ0n) is 52.3. The van der Waals surface area contributed by atoms with Crippen LogP contribution in [0.1, 0.15) is 47.8 Å². The number of aromatic nitrogens is 1. The molecule has 1 atom stereocenters. The summed E-state index contributed by atoms with van der Waals surface area (Å²) in [4.78, 5) is 11.2. The van der Waals surface area contributed by atoms with Gasteiger partial charge in [0.2, 0.25) is 0 Å². The number of rotatable bonds is 12. The molecule has 94 heavy (non-hydrogen) atoms. The summed E-state index contributed by atoms with van der Waals surface area (Å²) < 4.78 is 2.52. The second-order valence-corrected chi connectivity index (χ2v) is 25.4. The molecule has 0 fully saturated rings. The van der Waals surface area contributed by atoms with Crippen molar-refractivity contribution in [3.05, 3.63) is 368 Å². The Morgan fingerprint density at radius 3 is 1.10 bits per heavy atom. The predicted molar refractivity (Wildman–Crippen MR) is 394 cm³/mol. The van der Waals surface area contributed by atoms with Crippen LogP contribution in [0.25, 0.3) is 128 Å². The summed E-state index contributed by atoms with van der Waals surface area (Å²) in [6.07, 6.45) is -0.484. The third kappa shape index (κ3) is 10.3. The topological polar surface area (TPSA) is 41.7 Å². The first-order chi connectivity index (χ1) is 46.3. The fraction of sp³-hybridized carbons (Fsp3) is 0.0444. The summed E-state index contributed by atoms with van der Waals surface area (Å²) in [6, 6.07) is 124. The van der Waals surface area contributed by atoms with Crippen LogP contribution in [0.5, 0.6) is 0 Å². The molecule has 0 radical (unpaired) electrons. The lowest BCUT2D eigenvalue weighted by atomic mass is 9.74. The molecule has 444 valence electrons. The van der Waals surface area contributed by atoms with Crippen molar-refractivity contribution in [2.75, 3.05) is 0 Å². The molecule has 0 amide bonds. The van der Waals surface area contributed by atoms with Crippen LogP contribution in [0.15, 0.2) is 350 Å². The number of nitrogens with one attached hydrogen (secondary N) is 1. The summed E-state index contributed by atoms with van der Waals surface area (Å²) in [5.41, 5.74) is 29.7. The predicted octanol–water partition coefficient (Wildman–Crippen LogP) is 22.9. The second-order valence-electron chi connectivity index (χ2n) is 25.4. The van der Waals surface area contributed by atoms with Gasteiger partial charge in [-0.15, -0.1) is 0 Å². The summed E-state index contributed by atoms with van der Waals surface area (Å²) in [6.45, 7) is 4.79. The Hall–Kier alpha value is -12.0. The quantitative estimate of drug-likeness (QED) is 0.130. The van der Waals surface area contributed by atoms with E-state index in [4.69, 9.17) is 9.98 Å². The maximum absolute atomic E-state index is 5.64. The van der Waals surface area contributed by atoms with Crippen molar-refractivity contribution in [3.8, 4) is 106 Å². The SMILES string of the molecule is CC1(C)c2cc(-c3cc(-c4ccccc4)cc(-c4ccccc4)c3)ccc2-n2c3ccc(C4N=C(c5cccc(-c6cc(-c7ccccc7)cc(-c7ccccc7)c6)c5)N=C(c5cccc(-c6cc(-c7ccccc7)cc(-c7ccccc7)c6)c5)N4)cc3c3cccc1c32. The van der Waals surface area contributed by atoms with E-state index in [1.807, 2.05) is 0 Å². The smallest absolute Gasteiger partial charge is 0.159 e. The van der Waals surface area contributed by atoms with Gasteiger partial charge in [0.15, 0.2) is 5.84 Å². The molecule has 0 spiro atoms. The largest absolute Gasteiger partial charge is 0.344 e. The van der Waals surface area contributed by atoms with Gasteiger partial charge in [0, 0.05) is 27.3 Å². The van der Waals surface area contributed by atoms with E-state index < -0.39 is 6.17 Å². The number of hydrogen-bond acceptors (Lipinski definition) is 3. The Morgan fingerprint density at radius 2 is 0.649 bits per heavy atom. The van der Waals surface area contributed by atoms with Crippen LogP contribution in [0.2, 0.25) is 0 Å². The first-order valence-corrected chi connectivity index (χ1v) is 32.5. The van der Waals surface area contributed by atoms with Crippen LogP contribution in [0.4, 0.5) is 0 Å². The molecule has 1 aromatic heterocycles. The van der Waals surface area contributed by atoms with E-state index in [2.05, 4.69) is 363 Å². The van der Waals surface area contributed by atoms with Crippen LogP contribution in [-0.2, 0) is 5.41 Å². The first kappa shape index (κ1) is 56.0. The maximum atomic E-state index is 5.64. The molecule has 17 rings (SSSR count). The molecule has 3 heterocycles. The van der Waals surface area contributed by atoms with Gasteiger partial charge in [-0.05, 0) is 208 Å². The highest BCUT2D eigenvalue weighted by molar-refractivity contribution is 6.15. The fourth-order valence-corrected chi connectivity index (χ4v) is 14.3. The third-order valence-electron chi connectivity index (χ3n) is 19.2. The molecule has 1 N–H and O–H groups in total. The fourth-order valence-electron chi connectivity index (χ4n) is 14.3. The number of para-hydroxylation sites is 1. The lowest BCUT2D eigenvalue weighted by molar-refractivity contribution is 0.630. The molecular formula is C90H64N4. The Kier molecular flexibility index (Phi) is 13.9. The number of hydrogen-bond donors (Lipinski definition) is 1. The van der Waals surface area contributed by atoms with Crippen molar-refractivity contribution in [3.63, 3.8) is 0 Å². The Morgan fingerprint density at radius 1 is 0.287 bits per heavy atom. The highest BCUT2D eigenvalue weighted by Gasteiger charge is 2.36. The maximum Gasteiger partial charge on any atom is 0.159 e. The van der Waals surface area contributed by atoms with Crippen molar-refractivity contribution in [2.24, 2.45) is 9.98 Å². The van der Waals surface area contributed by atoms with E-state index in [-0.39, 0.29) is 5.41 Å². The van der Waals surface area contributed by atoms with E-state index in [9.17, 15) is 0 Å². The Labute approximate surface area is 548 Å². The second kappa shape index (κ2) is 23.4. The van der Waals surface area contributed by atoms with E-state index >= 15 is 0 Å². The minimum absolute atomic E-state index is 0.312. The van der Waals surface area contributed by atoms with E-state index in [0.29, 0.717) is 5.84 Å². The molecule has 2 aliphatic heterocycles. The average Bonchev–Trinajstić information content (AvgIpc) is 1.50. The standard InChI is InChI=1S/C90H64N4/c1-90(2)82-41-23-40-80-81-57-70(43-44-84(81)94(86(80)82)85-45-42-67(58-83(85)90)79-55-75(63-32-17-7-18-33-63)50-76(56-79)64-34-19-8-20-35-64)89-92-87(68-38-21-36-65(46-68)77-51-71(59-24-9-3-10-25-59)48-72(52-77)60-26-11-4-12-27-60)91-88(93-89)69-39-22-37-66(47-69)78-53-73(61-28-13-5-14-29-61)49-74(54-78)62-30-15-6-16-31-62/h3-58,89H,1-2H3,(H,91,92,93). The van der Waals surface area contributed by atoms with E-state index in [1.54, 1.807) is 0 Å². The summed E-state index contributed by atoms with van der Waals surface area (Å²) in [5.74, 6) is 1.41. The third-order valence-corrected chi connectivity index (χ3v) is 19.2. The van der Waals surface area contributed by atoms with Crippen molar-refractivity contribution in [1.82, 2.24) is 9.88 Å². The molecule has 4 heteroatoms. The van der Waals surface area contributed by atoms with Crippen LogP contribution in [0.3, 0.4) is 0 Å². The number of aliphatic imine (C=N–C) groups is 2. The van der Waals surface area contributed by atoms with Crippen LogP contribution in [-0.4, -0.2) is 16.2 Å². The normalized spacial score (nSPS) is 13.8. The van der Waals surface area contributed by atoms with Gasteiger partial charge in [-0.3, -0.25) is 0 Å². The summed E-state index contributed by atoms with van der Waals surface area (Å²) in [7, 11) is 0. The van der Waals surface area contributed by atoms with Gasteiger partial charge >= 0.3 is 0 Å². The zero-order chi connectivity index (χ0) is 62.7. The molecule has 0 saturated heterocycles. The van der Waals surface area contributed by atoms with Gasteiger partial charge in [-0.2, -0.15) is 0 Å². The molecule has 14 aromatic carbocycles. The minimum Gasteiger partial charge on any atom is -0.344 e. The number of benzene rings is 14. The number of nitrogens with zero attached hydrogens (tertiary/aromatic N) is 3. The van der Waals surface area contributed by atoms with Crippen molar-refractivity contribution in [1.29, 1.82) is 0 Å². The van der Waals surface area contributed by atoms with Crippen LogP contribution >= 0.6 is 0 Å². The van der Waals surface area contributed by atoms with Crippen molar-refractivity contribution in [2.45, 2.75) is 25.4 Å². The molecule has 0 aliphatic carbocycles.